The molecular formula is C13H21N3S2. The van der Waals surface area contributed by atoms with E-state index in [0.29, 0.717) is 0 Å². The van der Waals surface area contributed by atoms with Crippen molar-refractivity contribution >= 4 is 34.1 Å². The van der Waals surface area contributed by atoms with Crippen LogP contribution in [0.3, 0.4) is 0 Å². The van der Waals surface area contributed by atoms with Gasteiger partial charge >= 0.3 is 0 Å². The predicted octanol–water partition coefficient (Wildman–Crippen LogP) is 3.61. The maximum atomic E-state index is 5.98. The summed E-state index contributed by atoms with van der Waals surface area (Å²) in [7, 11) is 0. The predicted molar refractivity (Wildman–Crippen MR) is 80.6 cm³/mol. The lowest BCUT2D eigenvalue weighted by molar-refractivity contribution is 0.244. The van der Waals surface area contributed by atoms with Crippen LogP contribution in [0.4, 0.5) is 10.8 Å². The molecule has 2 N–H and O–H groups in total. The first-order valence-electron chi connectivity index (χ1n) is 6.87. The Bertz CT molecular complexity index is 416. The van der Waals surface area contributed by atoms with Gasteiger partial charge in [-0.1, -0.05) is 12.8 Å². The molecule has 2 fully saturated rings. The van der Waals surface area contributed by atoms with E-state index in [1.165, 1.54) is 55.0 Å². The van der Waals surface area contributed by atoms with Crippen molar-refractivity contribution in [2.45, 2.75) is 49.5 Å². The Morgan fingerprint density at radius 1 is 1.28 bits per heavy atom. The van der Waals surface area contributed by atoms with Crippen molar-refractivity contribution < 1.29 is 0 Å². The Balaban J connectivity index is 1.89. The van der Waals surface area contributed by atoms with Gasteiger partial charge < -0.3 is 10.6 Å². The highest BCUT2D eigenvalue weighted by atomic mass is 32.2. The fourth-order valence-corrected chi connectivity index (χ4v) is 5.30. The number of hydrogen-bond acceptors (Lipinski definition) is 5. The maximum Gasteiger partial charge on any atom is 0.153 e. The SMILES string of the molecule is CSc1c(N)nsc1N1CCC[C@H]2CCCC[C@H]21. The zero-order chi connectivity index (χ0) is 12.5. The third-order valence-electron chi connectivity index (χ3n) is 4.37. The first kappa shape index (κ1) is 12.6. The fraction of sp³-hybridized carbons (Fsp3) is 0.769. The maximum absolute atomic E-state index is 5.98. The normalized spacial score (nSPS) is 28.2. The van der Waals surface area contributed by atoms with Gasteiger partial charge in [-0.3, -0.25) is 0 Å². The molecule has 5 heteroatoms. The van der Waals surface area contributed by atoms with Gasteiger partial charge in [0.1, 0.15) is 5.00 Å². The number of aromatic nitrogens is 1. The lowest BCUT2D eigenvalue weighted by Crippen LogP contribution is -2.46. The van der Waals surface area contributed by atoms with Crippen LogP contribution in [-0.2, 0) is 0 Å². The first-order chi connectivity index (χ1) is 8.81. The minimum Gasteiger partial charge on any atom is -0.382 e. The van der Waals surface area contributed by atoms with Crippen molar-refractivity contribution in [1.29, 1.82) is 0 Å². The summed E-state index contributed by atoms with van der Waals surface area (Å²) in [6.07, 6.45) is 10.4. The molecule has 0 aromatic carbocycles. The number of nitrogens with two attached hydrogens (primary N) is 1. The van der Waals surface area contributed by atoms with Gasteiger partial charge in [0.05, 0.1) is 4.90 Å². The second-order valence-electron chi connectivity index (χ2n) is 5.35. The zero-order valence-corrected chi connectivity index (χ0v) is 12.5. The van der Waals surface area contributed by atoms with E-state index in [1.807, 2.05) is 0 Å². The van der Waals surface area contributed by atoms with Gasteiger partial charge in [-0.25, -0.2) is 0 Å². The first-order valence-corrected chi connectivity index (χ1v) is 8.87. The van der Waals surface area contributed by atoms with Crippen LogP contribution in [-0.4, -0.2) is 23.2 Å². The Labute approximate surface area is 117 Å². The number of anilines is 2. The van der Waals surface area contributed by atoms with Gasteiger partial charge in [0.15, 0.2) is 5.82 Å². The largest absolute Gasteiger partial charge is 0.382 e. The summed E-state index contributed by atoms with van der Waals surface area (Å²) in [6.45, 7) is 1.19. The van der Waals surface area contributed by atoms with Crippen LogP contribution in [0.2, 0.25) is 0 Å². The van der Waals surface area contributed by atoms with Crippen molar-refractivity contribution in [1.82, 2.24) is 4.37 Å². The van der Waals surface area contributed by atoms with Gasteiger partial charge in [-0.2, -0.15) is 4.37 Å². The number of fused-ring (bicyclic) bond motifs is 1. The van der Waals surface area contributed by atoms with Gasteiger partial charge in [-0.05, 0) is 49.4 Å². The minimum atomic E-state index is 0.723. The highest BCUT2D eigenvalue weighted by Crippen LogP contribution is 2.44. The topological polar surface area (TPSA) is 42.1 Å². The zero-order valence-electron chi connectivity index (χ0n) is 10.9. The van der Waals surface area contributed by atoms with E-state index in [0.717, 1.165) is 17.8 Å². The van der Waals surface area contributed by atoms with Crippen LogP contribution in [0, 0.1) is 5.92 Å². The summed E-state index contributed by atoms with van der Waals surface area (Å²) < 4.78 is 4.36. The number of hydrogen-bond donors (Lipinski definition) is 1. The molecule has 2 aliphatic rings. The quantitative estimate of drug-likeness (QED) is 0.842. The molecule has 3 nitrogen and oxygen atoms in total. The molecule has 1 aliphatic carbocycles. The van der Waals surface area contributed by atoms with E-state index in [-0.39, 0.29) is 0 Å². The molecule has 3 rings (SSSR count). The van der Waals surface area contributed by atoms with Crippen LogP contribution in [0.15, 0.2) is 4.90 Å². The van der Waals surface area contributed by atoms with Crippen LogP contribution in [0.1, 0.15) is 38.5 Å². The van der Waals surface area contributed by atoms with Gasteiger partial charge in [0, 0.05) is 12.6 Å². The van der Waals surface area contributed by atoms with E-state index in [1.54, 1.807) is 23.3 Å². The second kappa shape index (κ2) is 5.29. The Morgan fingerprint density at radius 2 is 2.06 bits per heavy atom. The molecule has 1 saturated heterocycles. The van der Waals surface area contributed by atoms with Crippen LogP contribution < -0.4 is 10.6 Å². The molecular weight excluding hydrogens is 262 g/mol. The number of rotatable bonds is 2. The fourth-order valence-electron chi connectivity index (χ4n) is 3.54. The van der Waals surface area contributed by atoms with Crippen molar-refractivity contribution in [2.75, 3.05) is 23.4 Å². The third-order valence-corrected chi connectivity index (χ3v) is 6.21. The lowest BCUT2D eigenvalue weighted by atomic mass is 9.78. The van der Waals surface area contributed by atoms with Gasteiger partial charge in [0.2, 0.25) is 0 Å². The molecule has 0 amide bonds. The molecule has 2 heterocycles. The van der Waals surface area contributed by atoms with Crippen LogP contribution in [0.25, 0.3) is 0 Å². The molecule has 18 heavy (non-hydrogen) atoms. The van der Waals surface area contributed by atoms with Crippen LogP contribution in [0.5, 0.6) is 0 Å². The monoisotopic (exact) mass is 283 g/mol. The number of piperidine rings is 1. The average Bonchev–Trinajstić information content (AvgIpc) is 2.79. The number of nitrogens with zero attached hydrogens (tertiary/aromatic N) is 2. The highest BCUT2D eigenvalue weighted by Gasteiger charge is 2.35. The van der Waals surface area contributed by atoms with Crippen molar-refractivity contribution in [3.8, 4) is 0 Å². The summed E-state index contributed by atoms with van der Waals surface area (Å²) in [5.74, 6) is 1.63. The van der Waals surface area contributed by atoms with Crippen molar-refractivity contribution in [3.05, 3.63) is 0 Å². The molecule has 1 aliphatic heterocycles. The average molecular weight is 283 g/mol. The summed E-state index contributed by atoms with van der Waals surface area (Å²) in [5.41, 5.74) is 5.98. The van der Waals surface area contributed by atoms with Gasteiger partial charge in [0.25, 0.3) is 0 Å². The number of nitrogen functional groups attached to an aromatic ring is 1. The molecule has 0 spiro atoms. The molecule has 0 unspecified atom stereocenters. The summed E-state index contributed by atoms with van der Waals surface area (Å²) in [5, 5.41) is 1.33. The highest BCUT2D eigenvalue weighted by molar-refractivity contribution is 7.99. The summed E-state index contributed by atoms with van der Waals surface area (Å²) in [4.78, 5) is 3.82. The molecule has 100 valence electrons. The Kier molecular flexibility index (Phi) is 3.71. The molecule has 0 bridgehead atoms. The lowest BCUT2D eigenvalue weighted by Gasteiger charge is -2.44. The molecule has 1 saturated carbocycles. The smallest absolute Gasteiger partial charge is 0.153 e. The minimum absolute atomic E-state index is 0.723. The van der Waals surface area contributed by atoms with Gasteiger partial charge in [-0.15, -0.1) is 11.8 Å². The van der Waals surface area contributed by atoms with Crippen molar-refractivity contribution in [3.63, 3.8) is 0 Å². The van der Waals surface area contributed by atoms with E-state index < -0.39 is 0 Å². The Hall–Kier alpha value is -0.420. The van der Waals surface area contributed by atoms with E-state index in [2.05, 4.69) is 15.5 Å². The molecule has 1 aromatic heterocycles. The van der Waals surface area contributed by atoms with Crippen LogP contribution >= 0.6 is 23.3 Å². The molecule has 1 aromatic rings. The number of thioether (sulfide) groups is 1. The van der Waals surface area contributed by atoms with E-state index >= 15 is 0 Å². The Morgan fingerprint density at radius 3 is 2.89 bits per heavy atom. The van der Waals surface area contributed by atoms with Crippen molar-refractivity contribution in [2.24, 2.45) is 5.92 Å². The third kappa shape index (κ3) is 2.11. The molecule has 2 atom stereocenters. The molecule has 0 radical (unpaired) electrons. The second-order valence-corrected chi connectivity index (χ2v) is 6.92. The summed E-state index contributed by atoms with van der Waals surface area (Å²) >= 11 is 3.34. The summed E-state index contributed by atoms with van der Waals surface area (Å²) in [6, 6.07) is 0.748. The standard InChI is InChI=1S/C13H21N3S2/c1-17-11-12(14)15-18-13(11)16-8-4-6-9-5-2-3-7-10(9)16/h9-10H,2-8H2,1H3,(H2,14,15)/t9-,10-/m1/s1. The van der Waals surface area contributed by atoms with E-state index in [4.69, 9.17) is 5.73 Å². The van der Waals surface area contributed by atoms with E-state index in [9.17, 15) is 0 Å².